The molecule has 0 saturated heterocycles. The average Bonchev–Trinajstić information content (AvgIpc) is 2.33. The molecule has 52 valence electrons. The predicted octanol–water partition coefficient (Wildman–Crippen LogP) is 1.67. The summed E-state index contributed by atoms with van der Waals surface area (Å²) >= 11 is 0. The Labute approximate surface area is 58.7 Å². The van der Waals surface area contributed by atoms with Gasteiger partial charge in [0.25, 0.3) is 0 Å². The Hall–Kier alpha value is -1.38. The van der Waals surface area contributed by atoms with Crippen molar-refractivity contribution >= 4 is 11.9 Å². The molecule has 0 saturated carbocycles. The van der Waals surface area contributed by atoms with Crippen LogP contribution in [-0.4, -0.2) is 11.9 Å². The van der Waals surface area contributed by atoms with E-state index in [2.05, 4.69) is 0 Å². The smallest absolute Gasteiger partial charge is 0.155 e. The first-order chi connectivity index (χ1) is 4.75. The van der Waals surface area contributed by atoms with Gasteiger partial charge >= 0.3 is 0 Å². The lowest BCUT2D eigenvalue weighted by Crippen LogP contribution is -1.93. The molecule has 2 N–H and O–H groups in total. The van der Waals surface area contributed by atoms with Crippen LogP contribution < -0.4 is 0 Å². The molecule has 0 atom stereocenters. The molecule has 3 nitrogen and oxygen atoms in total. The summed E-state index contributed by atoms with van der Waals surface area (Å²) in [6, 6.07) is 1.67. The molecule has 1 aromatic heterocycles. The first kappa shape index (κ1) is 6.74. The average molecular weight is 136 g/mol. The van der Waals surface area contributed by atoms with Crippen molar-refractivity contribution in [2.75, 3.05) is 0 Å². The standard InChI is InChI=1S/C7H8N2O/c1-5(9)7-6(4-8)2-3-10-7/h2-4,8-9H,1H3. The molecule has 0 bridgehead atoms. The van der Waals surface area contributed by atoms with Crippen LogP contribution in [0.3, 0.4) is 0 Å². The van der Waals surface area contributed by atoms with Crippen LogP contribution in [0.15, 0.2) is 16.7 Å². The highest BCUT2D eigenvalue weighted by Crippen LogP contribution is 2.07. The van der Waals surface area contributed by atoms with Gasteiger partial charge in [-0.25, -0.2) is 0 Å². The van der Waals surface area contributed by atoms with E-state index in [-0.39, 0.29) is 0 Å². The molecule has 10 heavy (non-hydrogen) atoms. The third-order valence-electron chi connectivity index (χ3n) is 1.19. The topological polar surface area (TPSA) is 60.8 Å². The van der Waals surface area contributed by atoms with Crippen LogP contribution in [0.1, 0.15) is 18.2 Å². The van der Waals surface area contributed by atoms with Gasteiger partial charge in [0.05, 0.1) is 12.0 Å². The first-order valence-corrected chi connectivity index (χ1v) is 2.89. The van der Waals surface area contributed by atoms with Crippen LogP contribution in [0.25, 0.3) is 0 Å². The Bertz CT molecular complexity index is 262. The van der Waals surface area contributed by atoms with E-state index in [1.165, 1.54) is 12.5 Å². The molecule has 0 aromatic carbocycles. The van der Waals surface area contributed by atoms with Crippen molar-refractivity contribution < 1.29 is 4.42 Å². The molecule has 0 amide bonds. The zero-order chi connectivity index (χ0) is 7.56. The summed E-state index contributed by atoms with van der Waals surface area (Å²) in [4.78, 5) is 0. The quantitative estimate of drug-likeness (QED) is 0.597. The lowest BCUT2D eigenvalue weighted by Gasteiger charge is -1.90. The van der Waals surface area contributed by atoms with Crippen molar-refractivity contribution in [3.8, 4) is 0 Å². The number of rotatable bonds is 2. The number of hydrogen-bond donors (Lipinski definition) is 2. The predicted molar refractivity (Wildman–Crippen MR) is 39.1 cm³/mol. The molecule has 0 unspecified atom stereocenters. The summed E-state index contributed by atoms with van der Waals surface area (Å²) in [6.45, 7) is 1.63. The van der Waals surface area contributed by atoms with Crippen LogP contribution >= 0.6 is 0 Å². The molecule has 0 fully saturated rings. The molecule has 0 radical (unpaired) electrons. The summed E-state index contributed by atoms with van der Waals surface area (Å²) in [7, 11) is 0. The first-order valence-electron chi connectivity index (χ1n) is 2.89. The van der Waals surface area contributed by atoms with E-state index in [0.29, 0.717) is 17.0 Å². The minimum Gasteiger partial charge on any atom is -0.462 e. The summed E-state index contributed by atoms with van der Waals surface area (Å²) < 4.78 is 4.94. The van der Waals surface area contributed by atoms with E-state index >= 15 is 0 Å². The molecule has 0 aliphatic carbocycles. The van der Waals surface area contributed by atoms with Crippen molar-refractivity contribution in [2.24, 2.45) is 0 Å². The Morgan fingerprint density at radius 2 is 2.40 bits per heavy atom. The second-order valence-electron chi connectivity index (χ2n) is 1.97. The van der Waals surface area contributed by atoms with Gasteiger partial charge in [0.1, 0.15) is 0 Å². The Kier molecular flexibility index (Phi) is 1.67. The zero-order valence-corrected chi connectivity index (χ0v) is 5.64. The van der Waals surface area contributed by atoms with Crippen molar-refractivity contribution in [3.05, 3.63) is 23.7 Å². The van der Waals surface area contributed by atoms with Crippen molar-refractivity contribution in [1.29, 1.82) is 10.8 Å². The van der Waals surface area contributed by atoms with Crippen LogP contribution in [-0.2, 0) is 0 Å². The normalized spacial score (nSPS) is 9.30. The summed E-state index contributed by atoms with van der Waals surface area (Å²) in [5.74, 6) is 0.481. The van der Waals surface area contributed by atoms with Crippen molar-refractivity contribution in [2.45, 2.75) is 6.92 Å². The molecule has 0 aliphatic heterocycles. The largest absolute Gasteiger partial charge is 0.462 e. The van der Waals surface area contributed by atoms with Crippen molar-refractivity contribution in [3.63, 3.8) is 0 Å². The number of hydrogen-bond acceptors (Lipinski definition) is 3. The number of nitrogens with one attached hydrogen (secondary N) is 2. The maximum absolute atomic E-state index is 7.20. The summed E-state index contributed by atoms with van der Waals surface area (Å²) in [5.41, 5.74) is 1.01. The van der Waals surface area contributed by atoms with Gasteiger partial charge in [-0.15, -0.1) is 0 Å². The fourth-order valence-electron chi connectivity index (χ4n) is 0.738. The lowest BCUT2D eigenvalue weighted by molar-refractivity contribution is 0.556. The molecule has 1 aromatic rings. The third-order valence-corrected chi connectivity index (χ3v) is 1.19. The minimum absolute atomic E-state index is 0.350. The lowest BCUT2D eigenvalue weighted by atomic mass is 10.2. The molecular formula is C7H8N2O. The monoisotopic (exact) mass is 136 g/mol. The molecule has 1 rings (SSSR count). The summed E-state index contributed by atoms with van der Waals surface area (Å²) in [5, 5.41) is 14.1. The fraction of sp³-hybridized carbons (Fsp3) is 0.143. The van der Waals surface area contributed by atoms with E-state index < -0.39 is 0 Å². The second kappa shape index (κ2) is 2.47. The van der Waals surface area contributed by atoms with Crippen LogP contribution in [0.5, 0.6) is 0 Å². The van der Waals surface area contributed by atoms with E-state index in [9.17, 15) is 0 Å². The molecular weight excluding hydrogens is 128 g/mol. The molecule has 1 heterocycles. The van der Waals surface area contributed by atoms with E-state index in [0.717, 1.165) is 0 Å². The Balaban J connectivity index is 3.13. The number of furan rings is 1. The highest BCUT2D eigenvalue weighted by molar-refractivity contribution is 6.00. The molecule has 3 heteroatoms. The summed E-state index contributed by atoms with van der Waals surface area (Å²) in [6.07, 6.45) is 2.66. The van der Waals surface area contributed by atoms with Gasteiger partial charge in [0.2, 0.25) is 0 Å². The van der Waals surface area contributed by atoms with Gasteiger partial charge in [-0.3, -0.25) is 0 Å². The molecule has 0 aliphatic rings. The van der Waals surface area contributed by atoms with E-state index in [1.54, 1.807) is 13.0 Å². The van der Waals surface area contributed by atoms with Crippen LogP contribution in [0, 0.1) is 10.8 Å². The highest BCUT2D eigenvalue weighted by atomic mass is 16.3. The van der Waals surface area contributed by atoms with E-state index in [4.69, 9.17) is 15.2 Å². The zero-order valence-electron chi connectivity index (χ0n) is 5.64. The highest BCUT2D eigenvalue weighted by Gasteiger charge is 2.03. The van der Waals surface area contributed by atoms with E-state index in [1.807, 2.05) is 0 Å². The van der Waals surface area contributed by atoms with Gasteiger partial charge in [-0.1, -0.05) is 0 Å². The Morgan fingerprint density at radius 1 is 1.70 bits per heavy atom. The maximum atomic E-state index is 7.20. The second-order valence-corrected chi connectivity index (χ2v) is 1.97. The van der Waals surface area contributed by atoms with Gasteiger partial charge in [0, 0.05) is 11.8 Å². The third kappa shape index (κ3) is 0.978. The maximum Gasteiger partial charge on any atom is 0.155 e. The van der Waals surface area contributed by atoms with Crippen molar-refractivity contribution in [1.82, 2.24) is 0 Å². The van der Waals surface area contributed by atoms with Gasteiger partial charge < -0.3 is 15.2 Å². The minimum atomic E-state index is 0.350. The Morgan fingerprint density at radius 3 is 2.80 bits per heavy atom. The van der Waals surface area contributed by atoms with Crippen LogP contribution in [0.2, 0.25) is 0 Å². The fourth-order valence-corrected chi connectivity index (χ4v) is 0.738. The van der Waals surface area contributed by atoms with Gasteiger partial charge in [-0.2, -0.15) is 0 Å². The SMILES string of the molecule is CC(=N)c1occc1C=N. The van der Waals surface area contributed by atoms with Gasteiger partial charge in [-0.05, 0) is 13.0 Å². The van der Waals surface area contributed by atoms with Gasteiger partial charge in [0.15, 0.2) is 5.76 Å². The van der Waals surface area contributed by atoms with Crippen LogP contribution in [0.4, 0.5) is 0 Å². The molecule has 0 spiro atoms.